The molecule has 0 aromatic carbocycles. The zero-order valence-corrected chi connectivity index (χ0v) is 14.1. The van der Waals surface area contributed by atoms with Gasteiger partial charge < -0.3 is 10.0 Å². The van der Waals surface area contributed by atoms with Crippen LogP contribution in [-0.4, -0.2) is 32.6 Å². The van der Waals surface area contributed by atoms with Crippen LogP contribution in [0, 0.1) is 13.8 Å². The smallest absolute Gasteiger partial charge is 0.303 e. The quantitative estimate of drug-likeness (QED) is 0.910. The molecule has 6 nitrogen and oxygen atoms in total. The second kappa shape index (κ2) is 6.95. The van der Waals surface area contributed by atoms with E-state index in [1.54, 1.807) is 6.33 Å². The van der Waals surface area contributed by atoms with E-state index in [1.165, 1.54) is 0 Å². The first-order valence-electron chi connectivity index (χ1n) is 8.27. The van der Waals surface area contributed by atoms with E-state index in [-0.39, 0.29) is 12.5 Å². The molecule has 1 fully saturated rings. The molecule has 0 radical (unpaired) electrons. The van der Waals surface area contributed by atoms with Crippen LogP contribution in [-0.2, 0) is 11.2 Å². The summed E-state index contributed by atoms with van der Waals surface area (Å²) < 4.78 is 0. The standard InChI is InChI=1S/C18H22N4O2/c1-12-9-17(20-11-19-12)22-7-3-4-16(22)15-10-14(5-6-18(23)24)8-13(2)21-15/h8-11,16H,3-7H2,1-2H3,(H,23,24)/t16-/m1/s1. The minimum atomic E-state index is -0.773. The van der Waals surface area contributed by atoms with Gasteiger partial charge in [0, 0.05) is 30.4 Å². The summed E-state index contributed by atoms with van der Waals surface area (Å²) in [6, 6.07) is 6.20. The van der Waals surface area contributed by atoms with E-state index in [0.717, 1.165) is 47.8 Å². The second-order valence-corrected chi connectivity index (χ2v) is 6.30. The molecular weight excluding hydrogens is 304 g/mol. The van der Waals surface area contributed by atoms with Crippen molar-refractivity contribution in [2.75, 3.05) is 11.4 Å². The van der Waals surface area contributed by atoms with Crippen molar-refractivity contribution < 1.29 is 9.90 Å². The number of aliphatic carboxylic acids is 1. The maximum Gasteiger partial charge on any atom is 0.303 e. The Balaban J connectivity index is 1.88. The van der Waals surface area contributed by atoms with Gasteiger partial charge in [-0.15, -0.1) is 0 Å². The van der Waals surface area contributed by atoms with Crippen LogP contribution in [0.1, 0.15) is 47.9 Å². The number of anilines is 1. The summed E-state index contributed by atoms with van der Waals surface area (Å²) in [6.07, 6.45) is 4.39. The van der Waals surface area contributed by atoms with Crippen LogP contribution < -0.4 is 4.90 Å². The lowest BCUT2D eigenvalue weighted by Crippen LogP contribution is -2.24. The van der Waals surface area contributed by atoms with Gasteiger partial charge in [-0.2, -0.15) is 0 Å². The number of pyridine rings is 1. The second-order valence-electron chi connectivity index (χ2n) is 6.30. The van der Waals surface area contributed by atoms with Gasteiger partial charge in [-0.3, -0.25) is 9.78 Å². The molecule has 1 saturated heterocycles. The Kier molecular flexibility index (Phi) is 4.74. The molecule has 1 atom stereocenters. The van der Waals surface area contributed by atoms with Crippen molar-refractivity contribution in [2.24, 2.45) is 0 Å². The number of carbonyl (C=O) groups is 1. The van der Waals surface area contributed by atoms with Gasteiger partial charge in [0.25, 0.3) is 0 Å². The van der Waals surface area contributed by atoms with Crippen LogP contribution >= 0.6 is 0 Å². The summed E-state index contributed by atoms with van der Waals surface area (Å²) in [5, 5.41) is 8.90. The van der Waals surface area contributed by atoms with Crippen molar-refractivity contribution in [1.82, 2.24) is 15.0 Å². The van der Waals surface area contributed by atoms with Crippen LogP contribution in [0.25, 0.3) is 0 Å². The highest BCUT2D eigenvalue weighted by Crippen LogP contribution is 2.34. The van der Waals surface area contributed by atoms with Crippen molar-refractivity contribution in [3.63, 3.8) is 0 Å². The summed E-state index contributed by atoms with van der Waals surface area (Å²) in [7, 11) is 0. The SMILES string of the molecule is Cc1cc(N2CCC[C@@H]2c2cc(CCC(=O)O)cc(C)n2)ncn1. The van der Waals surface area contributed by atoms with Crippen molar-refractivity contribution in [3.05, 3.63) is 47.2 Å². The highest BCUT2D eigenvalue weighted by molar-refractivity contribution is 5.67. The predicted octanol–water partition coefficient (Wildman–Crippen LogP) is 2.85. The van der Waals surface area contributed by atoms with Gasteiger partial charge in [-0.05, 0) is 50.8 Å². The molecule has 3 heterocycles. The Morgan fingerprint density at radius 2 is 2.08 bits per heavy atom. The van der Waals surface area contributed by atoms with E-state index in [9.17, 15) is 4.79 Å². The van der Waals surface area contributed by atoms with E-state index in [0.29, 0.717) is 6.42 Å². The van der Waals surface area contributed by atoms with Crippen molar-refractivity contribution >= 4 is 11.8 Å². The van der Waals surface area contributed by atoms with Crippen molar-refractivity contribution in [1.29, 1.82) is 0 Å². The normalized spacial score (nSPS) is 17.2. The number of hydrogen-bond acceptors (Lipinski definition) is 5. The summed E-state index contributed by atoms with van der Waals surface area (Å²) in [5.74, 6) is 0.158. The van der Waals surface area contributed by atoms with Gasteiger partial charge >= 0.3 is 5.97 Å². The van der Waals surface area contributed by atoms with E-state index in [4.69, 9.17) is 10.1 Å². The Hall–Kier alpha value is -2.50. The Morgan fingerprint density at radius 1 is 1.25 bits per heavy atom. The third kappa shape index (κ3) is 3.69. The summed E-state index contributed by atoms with van der Waals surface area (Å²) in [5.41, 5.74) is 3.92. The van der Waals surface area contributed by atoms with Gasteiger partial charge in [0.2, 0.25) is 0 Å². The monoisotopic (exact) mass is 326 g/mol. The third-order valence-electron chi connectivity index (χ3n) is 4.34. The van der Waals surface area contributed by atoms with Crippen LogP contribution in [0.5, 0.6) is 0 Å². The molecule has 0 amide bonds. The van der Waals surface area contributed by atoms with E-state index in [2.05, 4.69) is 14.9 Å². The van der Waals surface area contributed by atoms with Gasteiger partial charge in [-0.1, -0.05) is 0 Å². The van der Waals surface area contributed by atoms with Gasteiger partial charge in [0.1, 0.15) is 12.1 Å². The Labute approximate surface area is 141 Å². The minimum absolute atomic E-state index is 0.141. The highest BCUT2D eigenvalue weighted by Gasteiger charge is 2.28. The van der Waals surface area contributed by atoms with E-state index in [1.807, 2.05) is 32.0 Å². The maximum atomic E-state index is 10.8. The molecular formula is C18H22N4O2. The zero-order valence-electron chi connectivity index (χ0n) is 14.1. The fourth-order valence-corrected chi connectivity index (χ4v) is 3.28. The molecule has 0 spiro atoms. The van der Waals surface area contributed by atoms with Crippen molar-refractivity contribution in [3.8, 4) is 0 Å². The van der Waals surface area contributed by atoms with Gasteiger partial charge in [-0.25, -0.2) is 9.97 Å². The fraction of sp³-hybridized carbons (Fsp3) is 0.444. The summed E-state index contributed by atoms with van der Waals surface area (Å²) in [6.45, 7) is 4.87. The number of aryl methyl sites for hydroxylation is 3. The molecule has 2 aromatic heterocycles. The molecule has 126 valence electrons. The Bertz CT molecular complexity index is 748. The molecule has 1 aliphatic heterocycles. The number of carboxylic acids is 1. The van der Waals surface area contributed by atoms with Crippen LogP contribution in [0.15, 0.2) is 24.5 Å². The average molecular weight is 326 g/mol. The topological polar surface area (TPSA) is 79.2 Å². The maximum absolute atomic E-state index is 10.8. The average Bonchev–Trinajstić information content (AvgIpc) is 3.02. The van der Waals surface area contributed by atoms with E-state index >= 15 is 0 Å². The van der Waals surface area contributed by atoms with Gasteiger partial charge in [0.15, 0.2) is 0 Å². The third-order valence-corrected chi connectivity index (χ3v) is 4.34. The lowest BCUT2D eigenvalue weighted by molar-refractivity contribution is -0.136. The molecule has 2 aromatic rings. The van der Waals surface area contributed by atoms with E-state index < -0.39 is 5.97 Å². The first-order valence-corrected chi connectivity index (χ1v) is 8.27. The summed E-state index contributed by atoms with van der Waals surface area (Å²) >= 11 is 0. The minimum Gasteiger partial charge on any atom is -0.481 e. The molecule has 0 aliphatic carbocycles. The highest BCUT2D eigenvalue weighted by atomic mass is 16.4. The number of nitrogens with zero attached hydrogens (tertiary/aromatic N) is 4. The number of carboxylic acid groups (broad SMARTS) is 1. The largest absolute Gasteiger partial charge is 0.481 e. The predicted molar refractivity (Wildman–Crippen MR) is 91.0 cm³/mol. The molecule has 1 N–H and O–H groups in total. The zero-order chi connectivity index (χ0) is 17.1. The van der Waals surface area contributed by atoms with Gasteiger partial charge in [0.05, 0.1) is 11.7 Å². The number of rotatable bonds is 5. The lowest BCUT2D eigenvalue weighted by Gasteiger charge is -2.26. The van der Waals surface area contributed by atoms with Crippen LogP contribution in [0.2, 0.25) is 0 Å². The molecule has 0 saturated carbocycles. The lowest BCUT2D eigenvalue weighted by atomic mass is 10.0. The molecule has 0 bridgehead atoms. The first kappa shape index (κ1) is 16.4. The first-order chi connectivity index (χ1) is 11.5. The van der Waals surface area contributed by atoms with Crippen molar-refractivity contribution in [2.45, 2.75) is 45.6 Å². The fourth-order valence-electron chi connectivity index (χ4n) is 3.28. The number of hydrogen-bond donors (Lipinski definition) is 1. The molecule has 0 unspecified atom stereocenters. The molecule has 1 aliphatic rings. The molecule has 3 rings (SSSR count). The molecule has 24 heavy (non-hydrogen) atoms. The molecule has 6 heteroatoms. The van der Waals surface area contributed by atoms with Crippen LogP contribution in [0.4, 0.5) is 5.82 Å². The van der Waals surface area contributed by atoms with Crippen LogP contribution in [0.3, 0.4) is 0 Å². The number of aromatic nitrogens is 3. The Morgan fingerprint density at radius 3 is 2.83 bits per heavy atom. The summed E-state index contributed by atoms with van der Waals surface area (Å²) in [4.78, 5) is 26.4.